The predicted molar refractivity (Wildman–Crippen MR) is 196 cm³/mol. The van der Waals surface area contributed by atoms with Crippen LogP contribution in [0.25, 0.3) is 86.5 Å². The maximum atomic E-state index is 5.06. The Bertz CT molecular complexity index is 2500. The molecule has 2 heterocycles. The third kappa shape index (κ3) is 4.87. The molecular weight excluding hydrogens is 637 g/mol. The summed E-state index contributed by atoms with van der Waals surface area (Å²) in [6.45, 7) is 0. The summed E-state index contributed by atoms with van der Waals surface area (Å²) in [4.78, 5) is 15.0. The van der Waals surface area contributed by atoms with Crippen LogP contribution >= 0.6 is 0 Å². The van der Waals surface area contributed by atoms with E-state index in [2.05, 4.69) is 103 Å². The number of hydrogen-bond donors (Lipinski definition) is 0. The molecule has 0 N–H and O–H groups in total. The van der Waals surface area contributed by atoms with Crippen LogP contribution in [0.5, 0.6) is 0 Å². The minimum absolute atomic E-state index is 0.164. The van der Waals surface area contributed by atoms with Crippen molar-refractivity contribution in [1.29, 1.82) is 0 Å². The van der Waals surface area contributed by atoms with Gasteiger partial charge in [-0.25, -0.2) is 0 Å². The number of rotatable bonds is 5. The fraction of sp³-hybridized carbons (Fsp3) is 0. The standard InChI is InChI=1S/C43H27N3Se/c1-4-14-28(15-5-1)31-22-12-24-36-37-25-13-23-35(40(37)47-39(31)36)34-26-27-38(33-21-11-10-20-32(33)34)43-45-41(29-16-6-2-7-17-29)44-42(46-43)30-18-8-3-9-19-30/h1-27H. The van der Waals surface area contributed by atoms with Crippen molar-refractivity contribution < 1.29 is 0 Å². The van der Waals surface area contributed by atoms with Gasteiger partial charge in [0.25, 0.3) is 0 Å². The number of hydrogen-bond acceptors (Lipinski definition) is 3. The summed E-state index contributed by atoms with van der Waals surface area (Å²) in [5.41, 5.74) is 8.07. The summed E-state index contributed by atoms with van der Waals surface area (Å²) >= 11 is 0.164. The first kappa shape index (κ1) is 27.6. The molecule has 0 saturated heterocycles. The molecule has 0 atom stereocenters. The molecule has 0 unspecified atom stereocenters. The maximum absolute atomic E-state index is 5.06. The zero-order chi connectivity index (χ0) is 31.2. The fourth-order valence-corrected chi connectivity index (χ4v) is 9.40. The van der Waals surface area contributed by atoms with Crippen molar-refractivity contribution in [2.75, 3.05) is 0 Å². The Morgan fingerprint density at radius 2 is 0.702 bits per heavy atom. The zero-order valence-electron chi connectivity index (χ0n) is 25.3. The topological polar surface area (TPSA) is 38.7 Å². The van der Waals surface area contributed by atoms with E-state index in [0.717, 1.165) is 22.1 Å². The van der Waals surface area contributed by atoms with E-state index in [9.17, 15) is 0 Å². The second-order valence-corrected chi connectivity index (χ2v) is 13.7. The molecule has 0 saturated carbocycles. The van der Waals surface area contributed by atoms with Crippen LogP contribution in [0.1, 0.15) is 0 Å². The van der Waals surface area contributed by atoms with Crippen molar-refractivity contribution in [1.82, 2.24) is 15.0 Å². The molecule has 0 aliphatic rings. The molecule has 0 bridgehead atoms. The molecule has 0 fully saturated rings. The summed E-state index contributed by atoms with van der Waals surface area (Å²) in [5, 5.41) is 5.02. The molecule has 0 aliphatic heterocycles. The molecule has 0 aliphatic carbocycles. The molecular formula is C43H27N3Se. The second kappa shape index (κ2) is 11.6. The molecule has 9 aromatic rings. The van der Waals surface area contributed by atoms with E-state index in [4.69, 9.17) is 15.0 Å². The predicted octanol–water partition coefficient (Wildman–Crippen LogP) is 10.7. The zero-order valence-corrected chi connectivity index (χ0v) is 27.1. The fourth-order valence-electron chi connectivity index (χ4n) is 6.54. The van der Waals surface area contributed by atoms with Gasteiger partial charge in [-0.05, 0) is 0 Å². The van der Waals surface area contributed by atoms with Crippen LogP contribution in [-0.2, 0) is 0 Å². The monoisotopic (exact) mass is 665 g/mol. The van der Waals surface area contributed by atoms with Crippen LogP contribution in [0.3, 0.4) is 0 Å². The molecule has 9 rings (SSSR count). The number of benzene rings is 7. The van der Waals surface area contributed by atoms with Crippen LogP contribution in [-0.4, -0.2) is 29.5 Å². The van der Waals surface area contributed by atoms with Crippen LogP contribution < -0.4 is 0 Å². The van der Waals surface area contributed by atoms with E-state index < -0.39 is 0 Å². The van der Waals surface area contributed by atoms with Gasteiger partial charge in [0.15, 0.2) is 0 Å². The number of nitrogens with zero attached hydrogens (tertiary/aromatic N) is 3. The molecule has 0 amide bonds. The Morgan fingerprint density at radius 3 is 1.30 bits per heavy atom. The number of aromatic nitrogens is 3. The third-order valence-corrected chi connectivity index (χ3v) is 11.5. The molecule has 7 aromatic carbocycles. The minimum atomic E-state index is 0.164. The van der Waals surface area contributed by atoms with Crippen molar-refractivity contribution in [3.8, 4) is 56.4 Å². The summed E-state index contributed by atoms with van der Waals surface area (Å²) < 4.78 is 2.90. The van der Waals surface area contributed by atoms with E-state index in [1.165, 1.54) is 46.9 Å². The van der Waals surface area contributed by atoms with Crippen LogP contribution in [0.4, 0.5) is 0 Å². The molecule has 47 heavy (non-hydrogen) atoms. The second-order valence-electron chi connectivity index (χ2n) is 11.6. The summed E-state index contributed by atoms with van der Waals surface area (Å²) in [6.07, 6.45) is 0. The average molecular weight is 665 g/mol. The molecule has 3 nitrogen and oxygen atoms in total. The van der Waals surface area contributed by atoms with Gasteiger partial charge in [0, 0.05) is 0 Å². The first-order chi connectivity index (χ1) is 23.3. The Balaban J connectivity index is 1.25. The normalized spacial score (nSPS) is 11.4. The number of fused-ring (bicyclic) bond motifs is 4. The van der Waals surface area contributed by atoms with Crippen molar-refractivity contribution in [2.45, 2.75) is 0 Å². The quantitative estimate of drug-likeness (QED) is 0.172. The first-order valence-electron chi connectivity index (χ1n) is 15.7. The van der Waals surface area contributed by atoms with Crippen LogP contribution in [0.2, 0.25) is 0 Å². The Labute approximate surface area is 278 Å². The van der Waals surface area contributed by atoms with Crippen molar-refractivity contribution in [2.24, 2.45) is 0 Å². The van der Waals surface area contributed by atoms with Gasteiger partial charge in [0.2, 0.25) is 0 Å². The van der Waals surface area contributed by atoms with Crippen molar-refractivity contribution in [3.63, 3.8) is 0 Å². The SMILES string of the molecule is c1ccc(-c2nc(-c3ccccc3)nc(-c3ccc(-c4cccc5c4[se]c4c(-c6ccccc6)cccc45)c4ccccc34)n2)cc1. The molecule has 0 radical (unpaired) electrons. The van der Waals surface area contributed by atoms with Crippen molar-refractivity contribution >= 4 is 44.6 Å². The average Bonchev–Trinajstić information content (AvgIpc) is 3.55. The van der Waals surface area contributed by atoms with E-state index in [0.29, 0.717) is 17.5 Å². The Kier molecular flexibility index (Phi) is 6.82. The summed E-state index contributed by atoms with van der Waals surface area (Å²) in [7, 11) is 0. The van der Waals surface area contributed by atoms with E-state index in [1.54, 1.807) is 0 Å². The molecule has 0 spiro atoms. The molecule has 220 valence electrons. The molecule has 2 aromatic heterocycles. The van der Waals surface area contributed by atoms with Crippen LogP contribution in [0.15, 0.2) is 164 Å². The summed E-state index contributed by atoms with van der Waals surface area (Å²) in [5.74, 6) is 2.00. The van der Waals surface area contributed by atoms with Crippen LogP contribution in [0, 0.1) is 0 Å². The summed E-state index contributed by atoms with van der Waals surface area (Å²) in [6, 6.07) is 57.7. The van der Waals surface area contributed by atoms with Gasteiger partial charge >= 0.3 is 268 Å². The van der Waals surface area contributed by atoms with Gasteiger partial charge in [-0.15, -0.1) is 0 Å². The van der Waals surface area contributed by atoms with E-state index in [1.807, 2.05) is 60.7 Å². The van der Waals surface area contributed by atoms with Gasteiger partial charge < -0.3 is 0 Å². The van der Waals surface area contributed by atoms with Gasteiger partial charge in [0.05, 0.1) is 0 Å². The van der Waals surface area contributed by atoms with Gasteiger partial charge in [-0.1, -0.05) is 12.1 Å². The third-order valence-electron chi connectivity index (χ3n) is 8.76. The Morgan fingerprint density at radius 1 is 0.277 bits per heavy atom. The van der Waals surface area contributed by atoms with E-state index >= 15 is 0 Å². The van der Waals surface area contributed by atoms with Crippen molar-refractivity contribution in [3.05, 3.63) is 164 Å². The van der Waals surface area contributed by atoms with Gasteiger partial charge in [-0.2, -0.15) is 0 Å². The molecule has 4 heteroatoms. The van der Waals surface area contributed by atoms with Gasteiger partial charge in [0.1, 0.15) is 0 Å². The Hall–Kier alpha value is -5.67. The van der Waals surface area contributed by atoms with E-state index in [-0.39, 0.29) is 14.5 Å². The van der Waals surface area contributed by atoms with Gasteiger partial charge in [-0.3, -0.25) is 0 Å². The first-order valence-corrected chi connectivity index (χ1v) is 17.4.